The topological polar surface area (TPSA) is 24.7 Å². The molecule has 0 radical (unpaired) electrons. The number of aliphatic imine (C=N–C) groups is 2. The van der Waals surface area contributed by atoms with Crippen molar-refractivity contribution in [2.24, 2.45) is 9.98 Å². The van der Waals surface area contributed by atoms with Crippen LogP contribution in [-0.4, -0.2) is 11.9 Å². The van der Waals surface area contributed by atoms with Crippen LogP contribution >= 0.6 is 11.3 Å². The van der Waals surface area contributed by atoms with Crippen LogP contribution in [0.2, 0.25) is 0 Å². The highest BCUT2D eigenvalue weighted by Gasteiger charge is 2.44. The van der Waals surface area contributed by atoms with Crippen LogP contribution in [0.15, 0.2) is 125 Å². The molecule has 1 aliphatic heterocycles. The van der Waals surface area contributed by atoms with Gasteiger partial charge in [-0.15, -0.1) is 11.3 Å². The fourth-order valence-corrected chi connectivity index (χ4v) is 7.35. The molecule has 38 heavy (non-hydrogen) atoms. The third-order valence-electron chi connectivity index (χ3n) is 8.12. The molecule has 0 amide bonds. The lowest BCUT2D eigenvalue weighted by molar-refractivity contribution is 0.396. The summed E-state index contributed by atoms with van der Waals surface area (Å²) in [6.45, 7) is 2.24. The Kier molecular flexibility index (Phi) is 4.62. The van der Waals surface area contributed by atoms with Crippen LogP contribution < -0.4 is 0 Å². The van der Waals surface area contributed by atoms with Gasteiger partial charge in [-0.05, 0) is 64.6 Å². The molecule has 3 heteroatoms. The summed E-state index contributed by atoms with van der Waals surface area (Å²) in [5.41, 5.74) is 8.99. The molecule has 2 aliphatic rings. The van der Waals surface area contributed by atoms with Gasteiger partial charge in [-0.25, -0.2) is 0 Å². The lowest BCUT2D eigenvalue weighted by atomic mass is 9.71. The molecule has 0 fully saturated rings. The Morgan fingerprint density at radius 2 is 1.37 bits per heavy atom. The number of hydrogen-bond donors (Lipinski definition) is 0. The molecule has 0 saturated carbocycles. The summed E-state index contributed by atoms with van der Waals surface area (Å²) >= 11 is 1.85. The lowest BCUT2D eigenvalue weighted by Gasteiger charge is -2.41. The maximum atomic E-state index is 5.43. The first kappa shape index (κ1) is 21.7. The molecule has 1 aromatic heterocycles. The second kappa shape index (κ2) is 8.08. The molecule has 6 aromatic rings. The number of nitrogens with zero attached hydrogens (tertiary/aromatic N) is 2. The maximum absolute atomic E-state index is 5.43. The highest BCUT2D eigenvalue weighted by Crippen LogP contribution is 2.53. The van der Waals surface area contributed by atoms with Crippen molar-refractivity contribution in [3.63, 3.8) is 0 Å². The van der Waals surface area contributed by atoms with E-state index in [1.807, 2.05) is 17.6 Å². The van der Waals surface area contributed by atoms with Crippen molar-refractivity contribution in [1.29, 1.82) is 0 Å². The van der Waals surface area contributed by atoms with Crippen LogP contribution in [0.5, 0.6) is 0 Å². The van der Waals surface area contributed by atoms with Gasteiger partial charge in [0.2, 0.25) is 0 Å². The van der Waals surface area contributed by atoms with E-state index in [2.05, 4.69) is 122 Å². The molecule has 8 rings (SSSR count). The molecule has 2 heterocycles. The van der Waals surface area contributed by atoms with Crippen molar-refractivity contribution in [2.75, 3.05) is 0 Å². The van der Waals surface area contributed by atoms with Gasteiger partial charge in [0.1, 0.15) is 11.6 Å². The number of benzene rings is 5. The third-order valence-corrected chi connectivity index (χ3v) is 9.27. The van der Waals surface area contributed by atoms with Gasteiger partial charge in [0.15, 0.2) is 0 Å². The zero-order valence-electron chi connectivity index (χ0n) is 20.9. The highest BCUT2D eigenvalue weighted by molar-refractivity contribution is 7.25. The van der Waals surface area contributed by atoms with E-state index >= 15 is 0 Å². The SMILES string of the molecule is CC12N=C(c3cccc(-c4ccc5sc6ccccc6c5c4)c3)C=NC1c1ccccc1-c1ccccc12. The molecule has 2 unspecified atom stereocenters. The van der Waals surface area contributed by atoms with E-state index in [0.29, 0.717) is 0 Å². The molecule has 180 valence electrons. The maximum Gasteiger partial charge on any atom is 0.111 e. The quantitative estimate of drug-likeness (QED) is 0.224. The first-order chi connectivity index (χ1) is 18.7. The number of rotatable bonds is 2. The number of fused-ring (bicyclic) bond motifs is 9. The summed E-state index contributed by atoms with van der Waals surface area (Å²) in [5.74, 6) is 0. The van der Waals surface area contributed by atoms with Crippen LogP contribution in [-0.2, 0) is 5.54 Å². The first-order valence-corrected chi connectivity index (χ1v) is 13.8. The zero-order valence-corrected chi connectivity index (χ0v) is 21.7. The van der Waals surface area contributed by atoms with Gasteiger partial charge in [0, 0.05) is 32.0 Å². The molecule has 2 nitrogen and oxygen atoms in total. The fraction of sp³-hybridized carbons (Fsp3) is 0.0857. The molecule has 0 saturated heterocycles. The summed E-state index contributed by atoms with van der Waals surface area (Å²) in [4.78, 5) is 10.6. The second-order valence-electron chi connectivity index (χ2n) is 10.3. The van der Waals surface area contributed by atoms with Crippen molar-refractivity contribution in [3.05, 3.63) is 132 Å². The monoisotopic (exact) mass is 504 g/mol. The summed E-state index contributed by atoms with van der Waals surface area (Å²) in [6, 6.07) is 41.5. The first-order valence-electron chi connectivity index (χ1n) is 13.0. The Hall–Kier alpha value is -4.34. The zero-order chi connectivity index (χ0) is 25.3. The van der Waals surface area contributed by atoms with E-state index in [-0.39, 0.29) is 6.04 Å². The van der Waals surface area contributed by atoms with E-state index in [9.17, 15) is 0 Å². The normalized spacial score (nSPS) is 19.6. The summed E-state index contributed by atoms with van der Waals surface area (Å²) in [5, 5.41) is 2.64. The highest BCUT2D eigenvalue weighted by atomic mass is 32.1. The lowest BCUT2D eigenvalue weighted by Crippen LogP contribution is -2.36. The van der Waals surface area contributed by atoms with E-state index in [4.69, 9.17) is 9.98 Å². The Morgan fingerprint density at radius 1 is 0.632 bits per heavy atom. The number of hydrogen-bond acceptors (Lipinski definition) is 3. The minimum absolute atomic E-state index is 0.0326. The van der Waals surface area contributed by atoms with E-state index in [0.717, 1.165) is 11.3 Å². The van der Waals surface area contributed by atoms with Crippen LogP contribution in [0, 0.1) is 0 Å². The van der Waals surface area contributed by atoms with Gasteiger partial charge in [-0.1, -0.05) is 91.0 Å². The van der Waals surface area contributed by atoms with Gasteiger partial charge < -0.3 is 0 Å². The Bertz CT molecular complexity index is 1960. The largest absolute Gasteiger partial charge is 0.280 e. The standard InChI is InChI=1S/C35H24N2S/c1-35-30-15-6-4-12-26(30)25-11-2-3-14-28(25)34(35)36-21-31(37-35)24-10-8-9-22(19-24)23-17-18-33-29(20-23)27-13-5-7-16-32(27)38-33/h2-21,34H,1H3. The molecule has 1 aliphatic carbocycles. The van der Waals surface area contributed by atoms with Gasteiger partial charge in [-0.3, -0.25) is 9.98 Å². The average molecular weight is 505 g/mol. The predicted molar refractivity (Wildman–Crippen MR) is 162 cm³/mol. The Labute approximate surface area is 225 Å². The van der Waals surface area contributed by atoms with Gasteiger partial charge in [0.25, 0.3) is 0 Å². The smallest absolute Gasteiger partial charge is 0.111 e. The second-order valence-corrected chi connectivity index (χ2v) is 11.4. The summed E-state index contributed by atoms with van der Waals surface area (Å²) < 4.78 is 2.66. The third kappa shape index (κ3) is 3.12. The molecule has 2 atom stereocenters. The van der Waals surface area contributed by atoms with E-state index < -0.39 is 5.54 Å². The van der Waals surface area contributed by atoms with Crippen LogP contribution in [0.1, 0.15) is 29.7 Å². The average Bonchev–Trinajstić information content (AvgIpc) is 3.35. The minimum atomic E-state index is -0.459. The Balaban J connectivity index is 1.24. The molecule has 0 N–H and O–H groups in total. The van der Waals surface area contributed by atoms with Crippen LogP contribution in [0.3, 0.4) is 0 Å². The molecular weight excluding hydrogens is 480 g/mol. The van der Waals surface area contributed by atoms with E-state index in [1.54, 1.807) is 0 Å². The van der Waals surface area contributed by atoms with Crippen molar-refractivity contribution in [1.82, 2.24) is 0 Å². The molecule has 0 bridgehead atoms. The number of thiophene rings is 1. The molecule has 5 aromatic carbocycles. The fourth-order valence-electron chi connectivity index (χ4n) is 6.26. The van der Waals surface area contributed by atoms with Crippen molar-refractivity contribution < 1.29 is 0 Å². The van der Waals surface area contributed by atoms with Crippen LogP contribution in [0.25, 0.3) is 42.4 Å². The predicted octanol–water partition coefficient (Wildman–Crippen LogP) is 9.23. The molecular formula is C35H24N2S. The Morgan fingerprint density at radius 3 is 2.32 bits per heavy atom. The molecule has 0 spiro atoms. The summed E-state index contributed by atoms with van der Waals surface area (Å²) in [6.07, 6.45) is 1.98. The van der Waals surface area contributed by atoms with Gasteiger partial charge in [-0.2, -0.15) is 0 Å². The van der Waals surface area contributed by atoms with E-state index in [1.165, 1.54) is 53.6 Å². The van der Waals surface area contributed by atoms with Gasteiger partial charge >= 0.3 is 0 Å². The van der Waals surface area contributed by atoms with Crippen molar-refractivity contribution in [3.8, 4) is 22.3 Å². The van der Waals surface area contributed by atoms with Crippen molar-refractivity contribution >= 4 is 43.4 Å². The van der Waals surface area contributed by atoms with Gasteiger partial charge in [0.05, 0.1) is 5.71 Å². The van der Waals surface area contributed by atoms with Crippen molar-refractivity contribution in [2.45, 2.75) is 18.5 Å². The summed E-state index contributed by atoms with van der Waals surface area (Å²) in [7, 11) is 0. The van der Waals surface area contributed by atoms with Crippen LogP contribution in [0.4, 0.5) is 0 Å². The minimum Gasteiger partial charge on any atom is -0.280 e.